The zero-order chi connectivity index (χ0) is 24.7. The third kappa shape index (κ3) is 7.20. The van der Waals surface area contributed by atoms with E-state index >= 15 is 0 Å². The van der Waals surface area contributed by atoms with E-state index in [2.05, 4.69) is 4.98 Å². The van der Waals surface area contributed by atoms with E-state index in [-0.39, 0.29) is 24.7 Å². The number of hydrogen-bond donors (Lipinski definition) is 0. The second-order valence-electron chi connectivity index (χ2n) is 10.2. The van der Waals surface area contributed by atoms with Crippen molar-refractivity contribution in [1.82, 2.24) is 9.88 Å². The summed E-state index contributed by atoms with van der Waals surface area (Å²) >= 11 is 0. The van der Waals surface area contributed by atoms with Crippen LogP contribution in [0.2, 0.25) is 0 Å². The number of ether oxygens (including phenoxy) is 2. The van der Waals surface area contributed by atoms with Gasteiger partial charge in [-0.1, -0.05) is 50.2 Å². The maximum Gasteiger partial charge on any atom is 0.416 e. The van der Waals surface area contributed by atoms with Crippen molar-refractivity contribution in [1.29, 1.82) is 0 Å². The fourth-order valence-electron chi connectivity index (χ4n) is 4.00. The first-order valence-corrected chi connectivity index (χ1v) is 12.1. The van der Waals surface area contributed by atoms with E-state index < -0.39 is 11.7 Å². The molecule has 1 aliphatic heterocycles. The summed E-state index contributed by atoms with van der Waals surface area (Å²) in [6.07, 6.45) is 3.87. The summed E-state index contributed by atoms with van der Waals surface area (Å²) in [6.45, 7) is 11.1. The van der Waals surface area contributed by atoms with Gasteiger partial charge in [-0.25, -0.2) is 14.6 Å². The molecule has 1 aromatic heterocycles. The molecule has 2 amide bonds. The molecule has 1 fully saturated rings. The smallest absolute Gasteiger partial charge is 0.416 e. The Morgan fingerprint density at radius 2 is 1.85 bits per heavy atom. The van der Waals surface area contributed by atoms with Gasteiger partial charge in [0.1, 0.15) is 18.0 Å². The Morgan fingerprint density at radius 3 is 2.47 bits per heavy atom. The Balaban J connectivity index is 1.73. The maximum absolute atomic E-state index is 12.9. The summed E-state index contributed by atoms with van der Waals surface area (Å²) in [5, 5.41) is 0. The molecule has 34 heavy (non-hydrogen) atoms. The van der Waals surface area contributed by atoms with Crippen molar-refractivity contribution in [3.05, 3.63) is 59.8 Å². The van der Waals surface area contributed by atoms with Gasteiger partial charge in [-0.2, -0.15) is 0 Å². The van der Waals surface area contributed by atoms with Crippen molar-refractivity contribution in [2.75, 3.05) is 18.0 Å². The van der Waals surface area contributed by atoms with E-state index in [1.807, 2.05) is 77.1 Å². The molecule has 2 heterocycles. The predicted octanol–water partition coefficient (Wildman–Crippen LogP) is 6.34. The zero-order valence-corrected chi connectivity index (χ0v) is 21.0. The van der Waals surface area contributed by atoms with Gasteiger partial charge in [0.05, 0.1) is 6.04 Å². The molecule has 1 saturated heterocycles. The first-order chi connectivity index (χ1) is 16.1. The Hall–Kier alpha value is -3.09. The van der Waals surface area contributed by atoms with E-state index in [1.165, 1.54) is 0 Å². The van der Waals surface area contributed by atoms with Crippen LogP contribution in [0.15, 0.2) is 48.7 Å². The molecule has 0 bridgehead atoms. The molecule has 184 valence electrons. The molecule has 7 heteroatoms. The number of hydrogen-bond acceptors (Lipinski definition) is 5. The third-order valence-electron chi connectivity index (χ3n) is 5.54. The summed E-state index contributed by atoms with van der Waals surface area (Å²) in [5.41, 5.74) is 1.31. The number of likely N-dealkylation sites (tertiary alicyclic amines) is 1. The highest BCUT2D eigenvalue weighted by Crippen LogP contribution is 2.32. The number of amides is 2. The second kappa shape index (κ2) is 11.4. The molecule has 0 spiro atoms. The van der Waals surface area contributed by atoms with Crippen molar-refractivity contribution in [3.8, 4) is 0 Å². The van der Waals surface area contributed by atoms with Crippen molar-refractivity contribution in [2.45, 2.75) is 72.1 Å². The summed E-state index contributed by atoms with van der Waals surface area (Å²) in [4.78, 5) is 33.7. The van der Waals surface area contributed by atoms with Crippen LogP contribution in [0, 0.1) is 5.92 Å². The van der Waals surface area contributed by atoms with Crippen LogP contribution in [-0.4, -0.2) is 40.8 Å². The Morgan fingerprint density at radius 1 is 1.12 bits per heavy atom. The van der Waals surface area contributed by atoms with Crippen LogP contribution in [-0.2, 0) is 16.1 Å². The third-order valence-corrected chi connectivity index (χ3v) is 5.54. The van der Waals surface area contributed by atoms with Crippen molar-refractivity contribution < 1.29 is 19.1 Å². The maximum atomic E-state index is 12.9. The molecule has 2 aromatic rings. The van der Waals surface area contributed by atoms with Crippen molar-refractivity contribution in [2.24, 2.45) is 5.92 Å². The SMILES string of the molecule is CC(C)CN(C(=O)OC(C)(C)C)c1ccc(C2CCCCN2C(=O)OCc2ccccc2)cn1. The molecule has 0 aliphatic carbocycles. The van der Waals surface area contributed by atoms with Gasteiger partial charge in [0.25, 0.3) is 0 Å². The van der Waals surface area contributed by atoms with Gasteiger partial charge in [0.15, 0.2) is 0 Å². The normalized spacial score (nSPS) is 16.3. The largest absolute Gasteiger partial charge is 0.445 e. The predicted molar refractivity (Wildman–Crippen MR) is 133 cm³/mol. The van der Waals surface area contributed by atoms with Crippen LogP contribution in [0.1, 0.15) is 71.0 Å². The number of aromatic nitrogens is 1. The van der Waals surface area contributed by atoms with Crippen LogP contribution in [0.3, 0.4) is 0 Å². The minimum atomic E-state index is -0.588. The number of benzene rings is 1. The van der Waals surface area contributed by atoms with Crippen LogP contribution >= 0.6 is 0 Å². The molecular formula is C27H37N3O4. The van der Waals surface area contributed by atoms with E-state index in [1.54, 1.807) is 16.0 Å². The number of carbonyl (C=O) groups excluding carboxylic acids is 2. The van der Waals surface area contributed by atoms with E-state index in [0.717, 1.165) is 30.4 Å². The van der Waals surface area contributed by atoms with Gasteiger partial charge in [0, 0.05) is 19.3 Å². The minimum absolute atomic E-state index is 0.0985. The topological polar surface area (TPSA) is 72.0 Å². The molecule has 1 aliphatic rings. The lowest BCUT2D eigenvalue weighted by molar-refractivity contribution is 0.0574. The molecule has 0 N–H and O–H groups in total. The number of nitrogens with zero attached hydrogens (tertiary/aromatic N) is 3. The number of carbonyl (C=O) groups is 2. The Kier molecular flexibility index (Phi) is 8.53. The van der Waals surface area contributed by atoms with Gasteiger partial charge >= 0.3 is 12.2 Å². The number of pyridine rings is 1. The zero-order valence-electron chi connectivity index (χ0n) is 21.0. The average molecular weight is 468 g/mol. The highest BCUT2D eigenvalue weighted by Gasteiger charge is 2.30. The van der Waals surface area contributed by atoms with Crippen LogP contribution in [0.5, 0.6) is 0 Å². The molecule has 1 aromatic carbocycles. The number of piperidine rings is 1. The van der Waals surface area contributed by atoms with Crippen molar-refractivity contribution >= 4 is 18.0 Å². The molecular weight excluding hydrogens is 430 g/mol. The molecule has 1 atom stereocenters. The lowest BCUT2D eigenvalue weighted by Crippen LogP contribution is -2.40. The van der Waals surface area contributed by atoms with Crippen LogP contribution in [0.25, 0.3) is 0 Å². The highest BCUT2D eigenvalue weighted by molar-refractivity contribution is 5.86. The van der Waals surface area contributed by atoms with E-state index in [9.17, 15) is 9.59 Å². The quantitative estimate of drug-likeness (QED) is 0.495. The highest BCUT2D eigenvalue weighted by atomic mass is 16.6. The van der Waals surface area contributed by atoms with Gasteiger partial charge in [-0.05, 0) is 63.1 Å². The standard InChI is InChI=1S/C27H37N3O4/c1-20(2)18-30(26(32)34-27(3,4)5)24-15-14-22(17-28-24)23-13-9-10-16-29(23)25(31)33-19-21-11-7-6-8-12-21/h6-8,11-12,14-15,17,20,23H,9-10,13,16,18-19H2,1-5H3. The van der Waals surface area contributed by atoms with E-state index in [0.29, 0.717) is 18.9 Å². The van der Waals surface area contributed by atoms with Crippen LogP contribution < -0.4 is 4.90 Å². The second-order valence-corrected chi connectivity index (χ2v) is 10.2. The van der Waals surface area contributed by atoms with Crippen LogP contribution in [0.4, 0.5) is 15.4 Å². The lowest BCUT2D eigenvalue weighted by atomic mass is 9.97. The van der Waals surface area contributed by atoms with Gasteiger partial charge in [-0.15, -0.1) is 0 Å². The molecule has 7 nitrogen and oxygen atoms in total. The van der Waals surface area contributed by atoms with Gasteiger partial charge in [0.2, 0.25) is 0 Å². The fourth-order valence-corrected chi connectivity index (χ4v) is 4.00. The van der Waals surface area contributed by atoms with Crippen molar-refractivity contribution in [3.63, 3.8) is 0 Å². The Labute approximate surface area is 203 Å². The Bertz CT molecular complexity index is 939. The van der Waals surface area contributed by atoms with Gasteiger partial charge < -0.3 is 14.4 Å². The number of rotatable bonds is 6. The summed E-state index contributed by atoms with van der Waals surface area (Å²) in [5.74, 6) is 0.794. The molecule has 0 radical (unpaired) electrons. The average Bonchev–Trinajstić information content (AvgIpc) is 2.80. The first kappa shape index (κ1) is 25.5. The monoisotopic (exact) mass is 467 g/mol. The number of anilines is 1. The summed E-state index contributed by atoms with van der Waals surface area (Å²) < 4.78 is 11.2. The molecule has 0 saturated carbocycles. The summed E-state index contributed by atoms with van der Waals surface area (Å²) in [6, 6.07) is 13.4. The minimum Gasteiger partial charge on any atom is -0.445 e. The summed E-state index contributed by atoms with van der Waals surface area (Å²) in [7, 11) is 0. The molecule has 3 rings (SSSR count). The molecule has 1 unspecified atom stereocenters. The first-order valence-electron chi connectivity index (χ1n) is 12.1. The van der Waals surface area contributed by atoms with E-state index in [4.69, 9.17) is 9.47 Å². The van der Waals surface area contributed by atoms with Gasteiger partial charge in [-0.3, -0.25) is 4.90 Å². The fraction of sp³-hybridized carbons (Fsp3) is 0.519. The lowest BCUT2D eigenvalue weighted by Gasteiger charge is -2.35.